The van der Waals surface area contributed by atoms with Gasteiger partial charge in [-0.3, -0.25) is 0 Å². The van der Waals surface area contributed by atoms with Crippen molar-refractivity contribution in [1.29, 1.82) is 0 Å². The smallest absolute Gasteiger partial charge is 0.165 e. The Labute approximate surface area is 212 Å². The first-order valence-electron chi connectivity index (χ1n) is 11.7. The Kier molecular flexibility index (Phi) is 6.25. The van der Waals surface area contributed by atoms with E-state index in [-0.39, 0.29) is 24.7 Å². The zero-order valence-corrected chi connectivity index (χ0v) is 20.2. The van der Waals surface area contributed by atoms with E-state index in [2.05, 4.69) is 0 Å². The lowest BCUT2D eigenvalue weighted by Gasteiger charge is -2.29. The fourth-order valence-corrected chi connectivity index (χ4v) is 4.42. The lowest BCUT2D eigenvalue weighted by atomic mass is 9.82. The Hall–Kier alpha value is -4.46. The second kappa shape index (κ2) is 9.54. The fraction of sp³-hybridized carbons (Fsp3) is 0.172. The maximum atomic E-state index is 14.4. The summed E-state index contributed by atoms with van der Waals surface area (Å²) in [6.45, 7) is 4.36. The number of hydrogen-bond acceptors (Lipinski definition) is 6. The first-order chi connectivity index (χ1) is 17.7. The van der Waals surface area contributed by atoms with Crippen molar-refractivity contribution in [3.05, 3.63) is 100 Å². The van der Waals surface area contributed by atoms with E-state index in [1.54, 1.807) is 18.2 Å². The van der Waals surface area contributed by atoms with Gasteiger partial charge in [-0.15, -0.1) is 0 Å². The third-order valence-electron chi connectivity index (χ3n) is 6.36. The van der Waals surface area contributed by atoms with Gasteiger partial charge < -0.3 is 30.2 Å². The highest BCUT2D eigenvalue weighted by Gasteiger charge is 2.32. The van der Waals surface area contributed by atoms with Crippen molar-refractivity contribution in [2.75, 3.05) is 18.9 Å². The molecule has 4 aromatic rings. The number of phenols is 2. The van der Waals surface area contributed by atoms with Gasteiger partial charge in [-0.05, 0) is 54.8 Å². The first kappa shape index (κ1) is 24.2. The lowest BCUT2D eigenvalue weighted by molar-refractivity contribution is 0.215. The molecule has 0 atom stereocenters. The average molecular weight is 506 g/mol. The van der Waals surface area contributed by atoms with Gasteiger partial charge in [-0.1, -0.05) is 18.2 Å². The molecule has 0 bridgehead atoms. The normalized spacial score (nSPS) is 12.4. The highest BCUT2D eigenvalue weighted by Crippen LogP contribution is 2.50. The molecule has 1 aliphatic rings. The van der Waals surface area contributed by atoms with Crippen LogP contribution in [0.25, 0.3) is 0 Å². The molecule has 0 radical (unpaired) electrons. The van der Waals surface area contributed by atoms with Crippen molar-refractivity contribution >= 4 is 5.69 Å². The van der Waals surface area contributed by atoms with Crippen LogP contribution in [0.1, 0.15) is 33.7 Å². The van der Waals surface area contributed by atoms with E-state index in [1.165, 1.54) is 24.3 Å². The summed E-state index contributed by atoms with van der Waals surface area (Å²) in [4.78, 5) is 0. The molecule has 5 rings (SSSR count). The second-order valence-electron chi connectivity index (χ2n) is 8.96. The van der Waals surface area contributed by atoms with E-state index in [1.807, 2.05) is 32.0 Å². The molecular weight excluding hydrogens is 480 g/mol. The van der Waals surface area contributed by atoms with Crippen molar-refractivity contribution in [1.82, 2.24) is 0 Å². The van der Waals surface area contributed by atoms with Gasteiger partial charge in [-0.2, -0.15) is 0 Å². The summed E-state index contributed by atoms with van der Waals surface area (Å²) in [6, 6.07) is 15.6. The quantitative estimate of drug-likeness (QED) is 0.185. The predicted octanol–water partition coefficient (Wildman–Crippen LogP) is 6.32. The Morgan fingerprint density at radius 3 is 1.84 bits per heavy atom. The summed E-state index contributed by atoms with van der Waals surface area (Å²) in [7, 11) is 0. The van der Waals surface area contributed by atoms with Gasteiger partial charge in [0.15, 0.2) is 23.1 Å². The number of rotatable bonds is 6. The van der Waals surface area contributed by atoms with E-state index >= 15 is 0 Å². The molecule has 8 heteroatoms. The Morgan fingerprint density at radius 1 is 0.757 bits per heavy atom. The Morgan fingerprint density at radius 2 is 1.27 bits per heavy atom. The van der Waals surface area contributed by atoms with Crippen LogP contribution in [0.3, 0.4) is 0 Å². The number of phenolic OH excluding ortho intramolecular Hbond substituents is 2. The third kappa shape index (κ3) is 4.70. The molecule has 4 N–H and O–H groups in total. The van der Waals surface area contributed by atoms with Crippen LogP contribution in [0.5, 0.6) is 34.5 Å². The summed E-state index contributed by atoms with van der Waals surface area (Å²) < 4.78 is 46.4. The zero-order chi connectivity index (χ0) is 26.3. The summed E-state index contributed by atoms with van der Waals surface area (Å²) in [5.41, 5.74) is 9.77. The van der Waals surface area contributed by atoms with Crippen molar-refractivity contribution in [2.24, 2.45) is 0 Å². The van der Waals surface area contributed by atoms with Crippen LogP contribution < -0.4 is 19.9 Å². The maximum absolute atomic E-state index is 14.4. The number of hydrogen-bond donors (Lipinski definition) is 3. The molecule has 37 heavy (non-hydrogen) atoms. The topological polar surface area (TPSA) is 94.2 Å². The molecule has 190 valence electrons. The lowest BCUT2D eigenvalue weighted by Crippen LogP contribution is -2.14. The van der Waals surface area contributed by atoms with Crippen LogP contribution in [0.15, 0.2) is 60.7 Å². The molecule has 4 aromatic carbocycles. The average Bonchev–Trinajstić information content (AvgIpc) is 2.86. The fourth-order valence-electron chi connectivity index (χ4n) is 4.42. The van der Waals surface area contributed by atoms with E-state index in [9.17, 15) is 19.0 Å². The summed E-state index contributed by atoms with van der Waals surface area (Å²) >= 11 is 0. The van der Waals surface area contributed by atoms with Crippen LogP contribution in [0.4, 0.5) is 14.5 Å². The van der Waals surface area contributed by atoms with Crippen molar-refractivity contribution in [3.63, 3.8) is 0 Å². The van der Waals surface area contributed by atoms with Crippen molar-refractivity contribution in [2.45, 2.75) is 19.8 Å². The molecule has 0 spiro atoms. The van der Waals surface area contributed by atoms with Crippen LogP contribution in [-0.2, 0) is 0 Å². The number of nitrogen functional groups attached to an aromatic ring is 1. The molecule has 0 aromatic heterocycles. The Bertz CT molecular complexity index is 1450. The highest BCUT2D eigenvalue weighted by atomic mass is 19.1. The van der Waals surface area contributed by atoms with Crippen molar-refractivity contribution < 1.29 is 33.2 Å². The van der Waals surface area contributed by atoms with E-state index in [0.717, 1.165) is 11.1 Å². The SMILES string of the molecule is Cc1ccc(N)cc1OCCOc1cc(C2c3cc(F)c(O)cc3Oc3cc(O)c(F)cc32)ccc1C. The molecule has 0 unspecified atom stereocenters. The van der Waals surface area contributed by atoms with Gasteiger partial charge in [0, 0.05) is 40.9 Å². The highest BCUT2D eigenvalue weighted by molar-refractivity contribution is 5.62. The van der Waals surface area contributed by atoms with Gasteiger partial charge in [0.1, 0.15) is 36.2 Å². The molecule has 1 aliphatic heterocycles. The Balaban J connectivity index is 1.45. The number of halogens is 2. The van der Waals surface area contributed by atoms with Crippen LogP contribution in [0.2, 0.25) is 0 Å². The minimum absolute atomic E-state index is 0.205. The summed E-state index contributed by atoms with van der Waals surface area (Å²) in [5, 5.41) is 19.8. The van der Waals surface area contributed by atoms with E-state index in [0.29, 0.717) is 33.9 Å². The molecule has 0 saturated heterocycles. The maximum Gasteiger partial charge on any atom is 0.165 e. The number of aryl methyl sites for hydroxylation is 2. The minimum Gasteiger partial charge on any atom is -0.505 e. The molecule has 0 aliphatic carbocycles. The molecule has 0 fully saturated rings. The van der Waals surface area contributed by atoms with Crippen LogP contribution in [0, 0.1) is 25.5 Å². The summed E-state index contributed by atoms with van der Waals surface area (Å²) in [5.74, 6) is -1.77. The monoisotopic (exact) mass is 505 g/mol. The summed E-state index contributed by atoms with van der Waals surface area (Å²) in [6.07, 6.45) is 0. The van der Waals surface area contributed by atoms with Crippen molar-refractivity contribution in [3.8, 4) is 34.5 Å². The standard InChI is InChI=1S/C29H25F2NO5/c1-15-3-5-17(9-25(15)35-7-8-36-26-10-18(32)6-4-16(26)2)29-19-11-21(30)23(33)13-27(19)37-28-14-24(34)22(31)12-20(28)29/h3-6,9-14,29,33-34H,7-8,32H2,1-2H3. The number of anilines is 1. The van der Waals surface area contributed by atoms with Crippen LogP contribution in [-0.4, -0.2) is 23.4 Å². The predicted molar refractivity (Wildman–Crippen MR) is 135 cm³/mol. The second-order valence-corrected chi connectivity index (χ2v) is 8.96. The van der Waals surface area contributed by atoms with Gasteiger partial charge in [-0.25, -0.2) is 8.78 Å². The molecular formula is C29H25F2NO5. The van der Waals surface area contributed by atoms with Crippen LogP contribution >= 0.6 is 0 Å². The largest absolute Gasteiger partial charge is 0.505 e. The van der Waals surface area contributed by atoms with Gasteiger partial charge in [0.2, 0.25) is 0 Å². The molecule has 0 saturated carbocycles. The third-order valence-corrected chi connectivity index (χ3v) is 6.36. The number of nitrogens with two attached hydrogens (primary N) is 1. The van der Waals surface area contributed by atoms with Gasteiger partial charge in [0.25, 0.3) is 0 Å². The minimum atomic E-state index is -0.826. The number of benzene rings is 4. The number of ether oxygens (including phenoxy) is 3. The number of aromatic hydroxyl groups is 2. The molecule has 6 nitrogen and oxygen atoms in total. The number of fused-ring (bicyclic) bond motifs is 2. The van der Waals surface area contributed by atoms with E-state index < -0.39 is 29.1 Å². The zero-order valence-electron chi connectivity index (χ0n) is 20.2. The first-order valence-corrected chi connectivity index (χ1v) is 11.7. The van der Waals surface area contributed by atoms with Gasteiger partial charge in [0.05, 0.1) is 0 Å². The van der Waals surface area contributed by atoms with E-state index in [4.69, 9.17) is 19.9 Å². The van der Waals surface area contributed by atoms with Gasteiger partial charge >= 0.3 is 0 Å². The molecule has 0 amide bonds. The molecule has 1 heterocycles.